The molecule has 0 aliphatic heterocycles. The summed E-state index contributed by atoms with van der Waals surface area (Å²) < 4.78 is 0. The molecule has 1 atom stereocenters. The number of carbonyl (C=O) groups is 2. The molecule has 1 rings (SSSR count). The van der Waals surface area contributed by atoms with Gasteiger partial charge in [0.05, 0.1) is 6.04 Å². The van der Waals surface area contributed by atoms with Crippen LogP contribution in [0, 0.1) is 17.3 Å². The molecular weight excluding hydrogens is 250 g/mol. The average molecular weight is 281 g/mol. The predicted molar refractivity (Wildman–Crippen MR) is 82.4 cm³/mol. The third-order valence-electron chi connectivity index (χ3n) is 4.00. The lowest BCUT2D eigenvalue weighted by Crippen LogP contribution is -2.48. The molecule has 3 nitrogen and oxygen atoms in total. The van der Waals surface area contributed by atoms with E-state index >= 15 is 0 Å². The fourth-order valence-electron chi connectivity index (χ4n) is 2.95. The van der Waals surface area contributed by atoms with Gasteiger partial charge < -0.3 is 5.32 Å². The normalized spacial score (nSPS) is 18.9. The molecule has 0 unspecified atom stereocenters. The van der Waals surface area contributed by atoms with E-state index in [1.807, 2.05) is 34.6 Å². The van der Waals surface area contributed by atoms with Crippen molar-refractivity contribution in [3.8, 4) is 0 Å². The monoisotopic (exact) mass is 281 g/mol. The Morgan fingerprint density at radius 1 is 1.10 bits per heavy atom. The second-order valence-electron chi connectivity index (χ2n) is 7.74. The molecule has 3 heteroatoms. The molecular formula is C17H31NO2. The Hall–Kier alpha value is -0.860. The van der Waals surface area contributed by atoms with Crippen LogP contribution in [0.3, 0.4) is 0 Å². The first-order valence-corrected chi connectivity index (χ1v) is 8.04. The largest absolute Gasteiger partial charge is 0.346 e. The SMILES string of the molecule is CC(C)C(=O)[C@H](NC(=O)CC(C)(C)C)C1CCCCC1. The van der Waals surface area contributed by atoms with Crippen LogP contribution >= 0.6 is 0 Å². The molecule has 0 aromatic heterocycles. The van der Waals surface area contributed by atoms with Crippen LogP contribution in [-0.2, 0) is 9.59 Å². The van der Waals surface area contributed by atoms with Gasteiger partial charge in [0.15, 0.2) is 5.78 Å². The molecule has 0 spiro atoms. The highest BCUT2D eigenvalue weighted by Crippen LogP contribution is 2.28. The van der Waals surface area contributed by atoms with Gasteiger partial charge in [-0.25, -0.2) is 0 Å². The van der Waals surface area contributed by atoms with Gasteiger partial charge in [0.1, 0.15) is 0 Å². The molecule has 1 fully saturated rings. The molecule has 0 bridgehead atoms. The van der Waals surface area contributed by atoms with E-state index in [4.69, 9.17) is 0 Å². The fraction of sp³-hybridized carbons (Fsp3) is 0.882. The Labute approximate surface area is 123 Å². The van der Waals surface area contributed by atoms with E-state index in [0.717, 1.165) is 12.8 Å². The van der Waals surface area contributed by atoms with Gasteiger partial charge in [-0.2, -0.15) is 0 Å². The van der Waals surface area contributed by atoms with Crippen molar-refractivity contribution >= 4 is 11.7 Å². The maximum absolute atomic E-state index is 12.4. The maximum atomic E-state index is 12.4. The van der Waals surface area contributed by atoms with Gasteiger partial charge >= 0.3 is 0 Å². The number of hydrogen-bond acceptors (Lipinski definition) is 2. The molecule has 1 saturated carbocycles. The summed E-state index contributed by atoms with van der Waals surface area (Å²) in [5, 5.41) is 3.04. The predicted octanol–water partition coefficient (Wildman–Crippen LogP) is 3.71. The minimum absolute atomic E-state index is 0.0158. The van der Waals surface area contributed by atoms with Crippen LogP contribution in [0.25, 0.3) is 0 Å². The van der Waals surface area contributed by atoms with Gasteiger partial charge in [-0.15, -0.1) is 0 Å². The van der Waals surface area contributed by atoms with Crippen molar-refractivity contribution in [2.45, 2.75) is 79.2 Å². The number of ketones is 1. The van der Waals surface area contributed by atoms with Gasteiger partial charge in [-0.1, -0.05) is 53.9 Å². The molecule has 0 heterocycles. The lowest BCUT2D eigenvalue weighted by atomic mass is 9.80. The van der Waals surface area contributed by atoms with Crippen molar-refractivity contribution in [1.29, 1.82) is 0 Å². The standard InChI is InChI=1S/C17H31NO2/c1-12(2)16(20)15(13-9-7-6-8-10-13)18-14(19)11-17(3,4)5/h12-13,15H,6-11H2,1-5H3,(H,18,19)/t15-/m1/s1. The van der Waals surface area contributed by atoms with E-state index in [-0.39, 0.29) is 29.1 Å². The topological polar surface area (TPSA) is 46.2 Å². The van der Waals surface area contributed by atoms with Crippen LogP contribution < -0.4 is 5.32 Å². The quantitative estimate of drug-likeness (QED) is 0.835. The second-order valence-corrected chi connectivity index (χ2v) is 7.74. The van der Waals surface area contributed by atoms with Gasteiger partial charge in [-0.3, -0.25) is 9.59 Å². The molecule has 0 radical (unpaired) electrons. The third kappa shape index (κ3) is 5.64. The van der Waals surface area contributed by atoms with Crippen molar-refractivity contribution < 1.29 is 9.59 Å². The molecule has 0 saturated heterocycles. The van der Waals surface area contributed by atoms with Crippen molar-refractivity contribution in [2.24, 2.45) is 17.3 Å². The van der Waals surface area contributed by atoms with Crippen LogP contribution in [0.2, 0.25) is 0 Å². The zero-order chi connectivity index (χ0) is 15.3. The summed E-state index contributed by atoms with van der Waals surface area (Å²) in [4.78, 5) is 24.6. The van der Waals surface area contributed by atoms with Crippen LogP contribution in [0.4, 0.5) is 0 Å². The lowest BCUT2D eigenvalue weighted by molar-refractivity contribution is -0.132. The Morgan fingerprint density at radius 2 is 1.65 bits per heavy atom. The molecule has 20 heavy (non-hydrogen) atoms. The number of amides is 1. The van der Waals surface area contributed by atoms with Crippen molar-refractivity contribution in [3.05, 3.63) is 0 Å². The fourth-order valence-corrected chi connectivity index (χ4v) is 2.95. The summed E-state index contributed by atoms with van der Waals surface area (Å²) in [6.07, 6.45) is 6.23. The minimum Gasteiger partial charge on any atom is -0.346 e. The van der Waals surface area contributed by atoms with Crippen molar-refractivity contribution in [2.75, 3.05) is 0 Å². The zero-order valence-electron chi connectivity index (χ0n) is 13.8. The highest BCUT2D eigenvalue weighted by atomic mass is 16.2. The first-order valence-electron chi connectivity index (χ1n) is 8.04. The summed E-state index contributed by atoms with van der Waals surface area (Å²) in [5.41, 5.74) is -0.0396. The van der Waals surface area contributed by atoms with Gasteiger partial charge in [0.25, 0.3) is 0 Å². The second kappa shape index (κ2) is 7.24. The minimum atomic E-state index is -0.273. The third-order valence-corrected chi connectivity index (χ3v) is 4.00. The van der Waals surface area contributed by atoms with Crippen LogP contribution in [0.5, 0.6) is 0 Å². The van der Waals surface area contributed by atoms with E-state index in [1.165, 1.54) is 19.3 Å². The number of hydrogen-bond donors (Lipinski definition) is 1. The Kier molecular flexibility index (Phi) is 6.22. The van der Waals surface area contributed by atoms with Crippen LogP contribution in [-0.4, -0.2) is 17.7 Å². The van der Waals surface area contributed by atoms with Crippen LogP contribution in [0.15, 0.2) is 0 Å². The Balaban J connectivity index is 2.72. The number of rotatable bonds is 5. The van der Waals surface area contributed by atoms with E-state index in [2.05, 4.69) is 5.32 Å². The first kappa shape index (κ1) is 17.2. The highest BCUT2D eigenvalue weighted by molar-refractivity contribution is 5.90. The summed E-state index contributed by atoms with van der Waals surface area (Å²) in [6.45, 7) is 9.99. The smallest absolute Gasteiger partial charge is 0.221 e. The lowest BCUT2D eigenvalue weighted by Gasteiger charge is -2.31. The molecule has 1 aliphatic carbocycles. The van der Waals surface area contributed by atoms with Gasteiger partial charge in [-0.05, 0) is 24.2 Å². The number of Topliss-reactive ketones (excluding diaryl/α,β-unsaturated/α-hetero) is 1. The number of carbonyl (C=O) groups excluding carboxylic acids is 2. The molecule has 1 amide bonds. The summed E-state index contributed by atoms with van der Waals surface area (Å²) in [6, 6.07) is -0.273. The van der Waals surface area contributed by atoms with Gasteiger partial charge in [0.2, 0.25) is 5.91 Å². The van der Waals surface area contributed by atoms with Gasteiger partial charge in [0, 0.05) is 12.3 Å². The summed E-state index contributed by atoms with van der Waals surface area (Å²) >= 11 is 0. The van der Waals surface area contributed by atoms with E-state index < -0.39 is 0 Å². The number of nitrogens with one attached hydrogen (secondary N) is 1. The molecule has 1 N–H and O–H groups in total. The Morgan fingerprint density at radius 3 is 2.10 bits per heavy atom. The molecule has 1 aliphatic rings. The van der Waals surface area contributed by atoms with E-state index in [1.54, 1.807) is 0 Å². The van der Waals surface area contributed by atoms with Crippen molar-refractivity contribution in [1.82, 2.24) is 5.32 Å². The molecule has 0 aromatic carbocycles. The summed E-state index contributed by atoms with van der Waals surface area (Å²) in [7, 11) is 0. The Bertz CT molecular complexity index is 335. The van der Waals surface area contributed by atoms with E-state index in [0.29, 0.717) is 12.3 Å². The van der Waals surface area contributed by atoms with E-state index in [9.17, 15) is 9.59 Å². The van der Waals surface area contributed by atoms with Crippen LogP contribution in [0.1, 0.15) is 73.1 Å². The molecule has 0 aromatic rings. The average Bonchev–Trinajstić information content (AvgIpc) is 2.34. The maximum Gasteiger partial charge on any atom is 0.221 e. The highest BCUT2D eigenvalue weighted by Gasteiger charge is 2.32. The van der Waals surface area contributed by atoms with Crippen molar-refractivity contribution in [3.63, 3.8) is 0 Å². The first-order chi connectivity index (χ1) is 9.20. The molecule has 116 valence electrons. The zero-order valence-corrected chi connectivity index (χ0v) is 13.8. The summed E-state index contributed by atoms with van der Waals surface area (Å²) in [5.74, 6) is 0.528.